The molecule has 0 aromatic heterocycles. The van der Waals surface area contributed by atoms with Crippen LogP contribution in [0.25, 0.3) is 0 Å². The molecule has 2 rings (SSSR count). The molecule has 2 N–H and O–H groups in total. The summed E-state index contributed by atoms with van der Waals surface area (Å²) in [5.41, 5.74) is 1.36. The molecule has 2 fully saturated rings. The summed E-state index contributed by atoms with van der Waals surface area (Å²) >= 11 is 0. The minimum absolute atomic E-state index is 0.203. The lowest BCUT2D eigenvalue weighted by atomic mass is 9.98. The molecule has 2 bridgehead atoms. The van der Waals surface area contributed by atoms with Crippen molar-refractivity contribution in [2.75, 3.05) is 19.6 Å². The predicted molar refractivity (Wildman–Crippen MR) is 58.6 cm³/mol. The van der Waals surface area contributed by atoms with Crippen LogP contribution in [0.15, 0.2) is 11.6 Å². The zero-order valence-corrected chi connectivity index (χ0v) is 9.55. The smallest absolute Gasteiger partial charge is 0.414 e. The highest BCUT2D eigenvalue weighted by Gasteiger charge is 2.33. The Morgan fingerprint density at radius 3 is 2.18 bits per heavy atom. The maximum Gasteiger partial charge on any atom is 0.414 e. The van der Waals surface area contributed by atoms with Crippen LogP contribution in [0, 0.1) is 5.92 Å². The highest BCUT2D eigenvalue weighted by molar-refractivity contribution is 6.27. The lowest BCUT2D eigenvalue weighted by Gasteiger charge is -2.13. The van der Waals surface area contributed by atoms with Crippen molar-refractivity contribution in [3.05, 3.63) is 11.6 Å². The van der Waals surface area contributed by atoms with Gasteiger partial charge in [0.1, 0.15) is 0 Å². The summed E-state index contributed by atoms with van der Waals surface area (Å²) in [5.74, 6) is -2.74. The van der Waals surface area contributed by atoms with Gasteiger partial charge in [0.25, 0.3) is 0 Å². The van der Waals surface area contributed by atoms with Crippen LogP contribution in [0.3, 0.4) is 0 Å². The summed E-state index contributed by atoms with van der Waals surface area (Å²) in [4.78, 5) is 31.4. The Hall–Kier alpha value is -1.69. The number of carbonyl (C=O) groups is 3. The fourth-order valence-electron chi connectivity index (χ4n) is 2.09. The van der Waals surface area contributed by atoms with Gasteiger partial charge in [-0.15, -0.1) is 0 Å². The molecule has 2 atom stereocenters. The average Bonchev–Trinajstić information content (AvgIpc) is 2.78. The number of carbonyl (C=O) groups excluding carboxylic acids is 1. The monoisotopic (exact) mass is 241 g/mol. The Balaban J connectivity index is 0.000000209. The molecule has 2 unspecified atom stereocenters. The molecule has 2 aliphatic rings. The van der Waals surface area contributed by atoms with Crippen molar-refractivity contribution in [3.63, 3.8) is 0 Å². The second-order valence-corrected chi connectivity index (χ2v) is 4.16. The largest absolute Gasteiger partial charge is 0.473 e. The number of rotatable bonds is 1. The van der Waals surface area contributed by atoms with Crippen molar-refractivity contribution in [2.24, 2.45) is 5.92 Å². The van der Waals surface area contributed by atoms with Crippen LogP contribution in [0.4, 0.5) is 0 Å². The Morgan fingerprint density at radius 1 is 1.29 bits per heavy atom. The van der Waals surface area contributed by atoms with E-state index in [2.05, 4.69) is 4.90 Å². The number of nitrogens with zero attached hydrogens (tertiary/aromatic N) is 1. The van der Waals surface area contributed by atoms with Crippen LogP contribution in [-0.4, -0.2) is 52.5 Å². The topological polar surface area (TPSA) is 94.9 Å². The molecule has 6 heteroatoms. The van der Waals surface area contributed by atoms with Gasteiger partial charge in [-0.2, -0.15) is 0 Å². The lowest BCUT2D eigenvalue weighted by molar-refractivity contribution is -0.159. The van der Waals surface area contributed by atoms with Gasteiger partial charge in [0.05, 0.1) is 0 Å². The second kappa shape index (κ2) is 5.58. The van der Waals surface area contributed by atoms with E-state index in [0.29, 0.717) is 5.92 Å². The normalized spacial score (nSPS) is 27.5. The van der Waals surface area contributed by atoms with Gasteiger partial charge in [-0.1, -0.05) is 0 Å². The van der Waals surface area contributed by atoms with E-state index in [1.807, 2.05) is 6.08 Å². The number of allylic oxidation sites excluding steroid dienone is 1. The molecule has 0 amide bonds. The first-order chi connectivity index (χ1) is 7.90. The third-order valence-electron chi connectivity index (χ3n) is 2.77. The van der Waals surface area contributed by atoms with Crippen molar-refractivity contribution >= 4 is 17.7 Å². The molecule has 2 saturated heterocycles. The number of hydrogen-bond donors (Lipinski definition) is 2. The zero-order valence-electron chi connectivity index (χ0n) is 9.55. The van der Waals surface area contributed by atoms with Gasteiger partial charge >= 0.3 is 11.9 Å². The van der Waals surface area contributed by atoms with E-state index in [1.165, 1.54) is 25.1 Å². The zero-order chi connectivity index (χ0) is 13.0. The standard InChI is InChI=1S/C9H13NO.C2H2O4/c1-7(11)4-9-6-10-3-2-8(9)5-10;3-1(4)2(5)6/h4,8H,2-3,5-6H2,1H3;(H,3,4)(H,5,6)/b9-4-;. The molecule has 0 aromatic rings. The first-order valence-corrected chi connectivity index (χ1v) is 5.29. The number of fused-ring (bicyclic) bond motifs is 2. The molecular formula is C11H15NO5. The average molecular weight is 241 g/mol. The quantitative estimate of drug-likeness (QED) is 0.495. The van der Waals surface area contributed by atoms with Crippen LogP contribution in [0.1, 0.15) is 13.3 Å². The van der Waals surface area contributed by atoms with Crippen molar-refractivity contribution < 1.29 is 24.6 Å². The van der Waals surface area contributed by atoms with Gasteiger partial charge in [-0.05, 0) is 37.5 Å². The van der Waals surface area contributed by atoms with E-state index < -0.39 is 11.9 Å². The Bertz CT molecular complexity index is 362. The number of piperidine rings is 1. The fourth-order valence-corrected chi connectivity index (χ4v) is 2.09. The molecule has 17 heavy (non-hydrogen) atoms. The molecule has 0 radical (unpaired) electrons. The lowest BCUT2D eigenvalue weighted by Crippen LogP contribution is -2.18. The predicted octanol–water partition coefficient (Wildman–Crippen LogP) is -0.00710. The highest BCUT2D eigenvalue weighted by atomic mass is 16.4. The third kappa shape index (κ3) is 3.99. The first-order valence-electron chi connectivity index (χ1n) is 5.29. The van der Waals surface area contributed by atoms with Crippen LogP contribution < -0.4 is 0 Å². The van der Waals surface area contributed by atoms with E-state index in [1.54, 1.807) is 6.92 Å². The second-order valence-electron chi connectivity index (χ2n) is 4.16. The third-order valence-corrected chi connectivity index (χ3v) is 2.77. The van der Waals surface area contributed by atoms with Gasteiger partial charge in [0.2, 0.25) is 0 Å². The summed E-state index contributed by atoms with van der Waals surface area (Å²) in [6.45, 7) is 5.11. The summed E-state index contributed by atoms with van der Waals surface area (Å²) in [6.07, 6.45) is 3.09. The minimum atomic E-state index is -1.82. The van der Waals surface area contributed by atoms with Gasteiger partial charge in [0.15, 0.2) is 5.78 Å². The number of carboxylic acids is 2. The van der Waals surface area contributed by atoms with Gasteiger partial charge in [-0.3, -0.25) is 9.69 Å². The summed E-state index contributed by atoms with van der Waals surface area (Å²) in [7, 11) is 0. The van der Waals surface area contributed by atoms with E-state index in [-0.39, 0.29) is 5.78 Å². The van der Waals surface area contributed by atoms with Crippen molar-refractivity contribution in [3.8, 4) is 0 Å². The SMILES string of the molecule is CC(=O)/C=C1/CN2CCC1C2.O=C(O)C(=O)O. The minimum Gasteiger partial charge on any atom is -0.473 e. The van der Waals surface area contributed by atoms with E-state index in [0.717, 1.165) is 6.54 Å². The number of aliphatic carboxylic acids is 2. The van der Waals surface area contributed by atoms with Crippen LogP contribution in [-0.2, 0) is 14.4 Å². The Labute approximate surface area is 98.5 Å². The molecule has 0 aliphatic carbocycles. The molecular weight excluding hydrogens is 226 g/mol. The maximum atomic E-state index is 10.8. The van der Waals surface area contributed by atoms with Crippen molar-refractivity contribution in [1.29, 1.82) is 0 Å². The van der Waals surface area contributed by atoms with Gasteiger partial charge in [-0.25, -0.2) is 9.59 Å². The molecule has 0 spiro atoms. The van der Waals surface area contributed by atoms with E-state index in [4.69, 9.17) is 19.8 Å². The molecule has 0 saturated carbocycles. The van der Waals surface area contributed by atoms with Crippen molar-refractivity contribution in [2.45, 2.75) is 13.3 Å². The first kappa shape index (κ1) is 13.4. The van der Waals surface area contributed by atoms with E-state index >= 15 is 0 Å². The van der Waals surface area contributed by atoms with Crippen LogP contribution in [0.2, 0.25) is 0 Å². The molecule has 0 aromatic carbocycles. The molecule has 2 heterocycles. The number of ketones is 1. The van der Waals surface area contributed by atoms with Crippen molar-refractivity contribution in [1.82, 2.24) is 4.90 Å². The Morgan fingerprint density at radius 2 is 1.88 bits per heavy atom. The molecule has 94 valence electrons. The van der Waals surface area contributed by atoms with Gasteiger partial charge < -0.3 is 10.2 Å². The highest BCUT2D eigenvalue weighted by Crippen LogP contribution is 2.31. The Kier molecular flexibility index (Phi) is 4.39. The number of hydrogen-bond acceptors (Lipinski definition) is 4. The van der Waals surface area contributed by atoms with Gasteiger partial charge in [0, 0.05) is 13.1 Å². The number of carboxylic acid groups (broad SMARTS) is 2. The van der Waals surface area contributed by atoms with Crippen LogP contribution in [0.5, 0.6) is 0 Å². The summed E-state index contributed by atoms with van der Waals surface area (Å²) in [5, 5.41) is 14.8. The summed E-state index contributed by atoms with van der Waals surface area (Å²) < 4.78 is 0. The van der Waals surface area contributed by atoms with E-state index in [9.17, 15) is 4.79 Å². The fraction of sp³-hybridized carbons (Fsp3) is 0.545. The van der Waals surface area contributed by atoms with Crippen LogP contribution >= 0.6 is 0 Å². The maximum absolute atomic E-state index is 10.8. The molecule has 6 nitrogen and oxygen atoms in total. The molecule has 2 aliphatic heterocycles. The summed E-state index contributed by atoms with van der Waals surface area (Å²) in [6, 6.07) is 0.